The number of aryl methyl sites for hydroxylation is 1. The third-order valence-electron chi connectivity index (χ3n) is 2.10. The van der Waals surface area contributed by atoms with Crippen LogP contribution in [0.5, 0.6) is 0 Å². The van der Waals surface area contributed by atoms with E-state index in [4.69, 9.17) is 5.73 Å². The fourth-order valence-electron chi connectivity index (χ4n) is 1.22. The first-order valence-corrected chi connectivity index (χ1v) is 4.63. The SMILES string of the molecule is CCCN(C)C(=O)c1n[nH]c(C)c1N. The first-order valence-electron chi connectivity index (χ1n) is 4.63. The summed E-state index contributed by atoms with van der Waals surface area (Å²) in [6.07, 6.45) is 0.922. The molecule has 0 aliphatic rings. The summed E-state index contributed by atoms with van der Waals surface area (Å²) >= 11 is 0. The summed E-state index contributed by atoms with van der Waals surface area (Å²) in [5.41, 5.74) is 7.19. The quantitative estimate of drug-likeness (QED) is 0.750. The maximum absolute atomic E-state index is 11.7. The van der Waals surface area contributed by atoms with Crippen LogP contribution in [0.1, 0.15) is 29.5 Å². The maximum Gasteiger partial charge on any atom is 0.276 e. The molecule has 0 bridgehead atoms. The van der Waals surface area contributed by atoms with E-state index in [9.17, 15) is 4.79 Å². The van der Waals surface area contributed by atoms with Crippen LogP contribution >= 0.6 is 0 Å². The minimum atomic E-state index is -0.131. The Balaban J connectivity index is 2.84. The second kappa shape index (κ2) is 4.13. The van der Waals surface area contributed by atoms with E-state index < -0.39 is 0 Å². The molecule has 5 nitrogen and oxygen atoms in total. The lowest BCUT2D eigenvalue weighted by Gasteiger charge is -2.14. The zero-order valence-electron chi connectivity index (χ0n) is 8.79. The van der Waals surface area contributed by atoms with Gasteiger partial charge in [0, 0.05) is 13.6 Å². The van der Waals surface area contributed by atoms with Gasteiger partial charge in [-0.05, 0) is 13.3 Å². The number of H-pyrrole nitrogens is 1. The summed E-state index contributed by atoms with van der Waals surface area (Å²) < 4.78 is 0. The largest absolute Gasteiger partial charge is 0.395 e. The molecule has 1 aromatic rings. The summed E-state index contributed by atoms with van der Waals surface area (Å²) in [4.78, 5) is 13.3. The van der Waals surface area contributed by atoms with E-state index in [1.165, 1.54) is 0 Å². The normalized spacial score (nSPS) is 10.2. The fourth-order valence-corrected chi connectivity index (χ4v) is 1.22. The van der Waals surface area contributed by atoms with Crippen LogP contribution in [0, 0.1) is 6.92 Å². The highest BCUT2D eigenvalue weighted by atomic mass is 16.2. The molecule has 0 aromatic carbocycles. The smallest absolute Gasteiger partial charge is 0.276 e. The van der Waals surface area contributed by atoms with Crippen molar-refractivity contribution in [2.24, 2.45) is 0 Å². The molecule has 0 spiro atoms. The van der Waals surface area contributed by atoms with Gasteiger partial charge in [-0.15, -0.1) is 0 Å². The van der Waals surface area contributed by atoms with Gasteiger partial charge in [-0.1, -0.05) is 6.92 Å². The third-order valence-corrected chi connectivity index (χ3v) is 2.10. The molecule has 1 heterocycles. The minimum absolute atomic E-state index is 0.131. The number of rotatable bonds is 3. The number of nitrogens with two attached hydrogens (primary N) is 1. The lowest BCUT2D eigenvalue weighted by Crippen LogP contribution is -2.28. The van der Waals surface area contributed by atoms with Crippen LogP contribution in [0.2, 0.25) is 0 Å². The molecule has 5 heteroatoms. The van der Waals surface area contributed by atoms with E-state index >= 15 is 0 Å². The zero-order valence-corrected chi connectivity index (χ0v) is 8.79. The Bertz CT molecular complexity index is 332. The van der Waals surface area contributed by atoms with Gasteiger partial charge in [-0.3, -0.25) is 9.89 Å². The summed E-state index contributed by atoms with van der Waals surface area (Å²) in [6.45, 7) is 4.52. The van der Waals surface area contributed by atoms with Gasteiger partial charge in [0.2, 0.25) is 0 Å². The molecule has 3 N–H and O–H groups in total. The number of nitrogen functional groups attached to an aromatic ring is 1. The van der Waals surface area contributed by atoms with Crippen LogP contribution in [0.15, 0.2) is 0 Å². The molecule has 1 aromatic heterocycles. The van der Waals surface area contributed by atoms with Crippen molar-refractivity contribution in [2.75, 3.05) is 19.3 Å². The molecular weight excluding hydrogens is 180 g/mol. The Labute approximate surface area is 83.3 Å². The Kier molecular flexibility index (Phi) is 3.11. The van der Waals surface area contributed by atoms with Crippen LogP contribution in [0.4, 0.5) is 5.69 Å². The van der Waals surface area contributed by atoms with Crippen LogP contribution in [0.3, 0.4) is 0 Å². The molecule has 0 atom stereocenters. The number of amides is 1. The van der Waals surface area contributed by atoms with E-state index in [-0.39, 0.29) is 5.91 Å². The average molecular weight is 196 g/mol. The number of aromatic amines is 1. The van der Waals surface area contributed by atoms with Crippen molar-refractivity contribution in [3.05, 3.63) is 11.4 Å². The van der Waals surface area contributed by atoms with E-state index in [0.29, 0.717) is 17.9 Å². The monoisotopic (exact) mass is 196 g/mol. The van der Waals surface area contributed by atoms with Gasteiger partial charge in [-0.2, -0.15) is 5.10 Å². The predicted molar refractivity (Wildman–Crippen MR) is 55.0 cm³/mol. The van der Waals surface area contributed by atoms with Gasteiger partial charge >= 0.3 is 0 Å². The summed E-state index contributed by atoms with van der Waals surface area (Å²) in [7, 11) is 1.75. The number of anilines is 1. The number of nitrogens with one attached hydrogen (secondary N) is 1. The Morgan fingerprint density at radius 1 is 1.64 bits per heavy atom. The molecule has 0 saturated carbocycles. The number of hydrogen-bond donors (Lipinski definition) is 2. The lowest BCUT2D eigenvalue weighted by atomic mass is 10.3. The first-order chi connectivity index (χ1) is 6.57. The molecule has 0 unspecified atom stereocenters. The number of aromatic nitrogens is 2. The molecular formula is C9H16N4O. The van der Waals surface area contributed by atoms with Gasteiger partial charge in [0.15, 0.2) is 5.69 Å². The van der Waals surface area contributed by atoms with Crippen molar-refractivity contribution < 1.29 is 4.79 Å². The molecule has 0 radical (unpaired) electrons. The van der Waals surface area contributed by atoms with Gasteiger partial charge in [0.25, 0.3) is 5.91 Å². The summed E-state index contributed by atoms with van der Waals surface area (Å²) in [6, 6.07) is 0. The van der Waals surface area contributed by atoms with Crippen molar-refractivity contribution in [1.82, 2.24) is 15.1 Å². The summed E-state index contributed by atoms with van der Waals surface area (Å²) in [5.74, 6) is -0.131. The molecule has 1 amide bonds. The van der Waals surface area contributed by atoms with Gasteiger partial charge in [0.1, 0.15) is 0 Å². The van der Waals surface area contributed by atoms with Crippen molar-refractivity contribution in [2.45, 2.75) is 20.3 Å². The predicted octanol–water partition coefficient (Wildman–Crippen LogP) is 0.782. The van der Waals surface area contributed by atoms with Crippen LogP contribution in [-0.2, 0) is 0 Å². The van der Waals surface area contributed by atoms with Gasteiger partial charge in [-0.25, -0.2) is 0 Å². The average Bonchev–Trinajstić information content (AvgIpc) is 2.47. The molecule has 78 valence electrons. The highest BCUT2D eigenvalue weighted by Gasteiger charge is 2.18. The molecule has 0 fully saturated rings. The van der Waals surface area contributed by atoms with E-state index in [2.05, 4.69) is 10.2 Å². The van der Waals surface area contributed by atoms with Crippen LogP contribution in [0.25, 0.3) is 0 Å². The molecule has 0 aliphatic heterocycles. The summed E-state index contributed by atoms with van der Waals surface area (Å²) in [5, 5.41) is 6.57. The lowest BCUT2D eigenvalue weighted by molar-refractivity contribution is 0.0790. The highest BCUT2D eigenvalue weighted by molar-refractivity contribution is 5.97. The Morgan fingerprint density at radius 3 is 2.71 bits per heavy atom. The van der Waals surface area contributed by atoms with E-state index in [1.54, 1.807) is 18.9 Å². The second-order valence-electron chi connectivity index (χ2n) is 3.34. The van der Waals surface area contributed by atoms with Crippen molar-refractivity contribution >= 4 is 11.6 Å². The van der Waals surface area contributed by atoms with Crippen molar-refractivity contribution in [3.63, 3.8) is 0 Å². The molecule has 0 saturated heterocycles. The molecule has 0 aliphatic carbocycles. The van der Waals surface area contributed by atoms with Crippen LogP contribution < -0.4 is 5.73 Å². The third kappa shape index (κ3) is 1.86. The van der Waals surface area contributed by atoms with E-state index in [0.717, 1.165) is 12.1 Å². The number of hydrogen-bond acceptors (Lipinski definition) is 3. The minimum Gasteiger partial charge on any atom is -0.395 e. The standard InChI is InChI=1S/C9H16N4O/c1-4-5-13(3)9(14)8-7(10)6(2)11-12-8/h4-5,10H2,1-3H3,(H,11,12). The topological polar surface area (TPSA) is 75.0 Å². The number of carbonyl (C=O) groups is 1. The fraction of sp³-hybridized carbons (Fsp3) is 0.556. The van der Waals surface area contributed by atoms with Crippen molar-refractivity contribution in [1.29, 1.82) is 0 Å². The molecule has 1 rings (SSSR count). The van der Waals surface area contributed by atoms with Crippen molar-refractivity contribution in [3.8, 4) is 0 Å². The Hall–Kier alpha value is -1.52. The number of carbonyl (C=O) groups excluding carboxylic acids is 1. The van der Waals surface area contributed by atoms with Gasteiger partial charge in [0.05, 0.1) is 11.4 Å². The number of nitrogens with zero attached hydrogens (tertiary/aromatic N) is 2. The van der Waals surface area contributed by atoms with Crippen LogP contribution in [-0.4, -0.2) is 34.6 Å². The highest BCUT2D eigenvalue weighted by Crippen LogP contribution is 2.14. The molecule has 14 heavy (non-hydrogen) atoms. The van der Waals surface area contributed by atoms with E-state index in [1.807, 2.05) is 6.92 Å². The Morgan fingerprint density at radius 2 is 2.29 bits per heavy atom. The first kappa shape index (κ1) is 10.6. The second-order valence-corrected chi connectivity index (χ2v) is 3.34. The zero-order chi connectivity index (χ0) is 10.7. The maximum atomic E-state index is 11.7. The van der Waals surface area contributed by atoms with Gasteiger partial charge < -0.3 is 10.6 Å².